The second-order valence-corrected chi connectivity index (χ2v) is 5.88. The van der Waals surface area contributed by atoms with Crippen molar-refractivity contribution < 1.29 is 0 Å². The van der Waals surface area contributed by atoms with Crippen LogP contribution in [0.25, 0.3) is 0 Å². The molecule has 0 atom stereocenters. The zero-order valence-electron chi connectivity index (χ0n) is 10.1. The molecular weight excluding hydrogens is 356 g/mol. The van der Waals surface area contributed by atoms with E-state index in [1.165, 1.54) is 11.1 Å². The molecule has 1 aromatic heterocycles. The Morgan fingerprint density at radius 2 is 1.94 bits per heavy atom. The van der Waals surface area contributed by atoms with Gasteiger partial charge >= 0.3 is 0 Å². The highest BCUT2D eigenvalue weighted by atomic mass is 79.9. The van der Waals surface area contributed by atoms with Crippen LogP contribution in [0.2, 0.25) is 0 Å². The molecule has 2 nitrogen and oxygen atoms in total. The molecule has 2 rings (SSSR count). The van der Waals surface area contributed by atoms with Crippen LogP contribution in [0, 0.1) is 6.92 Å². The first-order valence-electron chi connectivity index (χ1n) is 5.72. The molecule has 0 bridgehead atoms. The maximum atomic E-state index is 4.38. The van der Waals surface area contributed by atoms with Gasteiger partial charge in [0.05, 0.1) is 5.69 Å². The van der Waals surface area contributed by atoms with Crippen LogP contribution in [0.4, 0.5) is 0 Å². The maximum Gasteiger partial charge on any atom is 0.0684 e. The summed E-state index contributed by atoms with van der Waals surface area (Å²) in [5.41, 5.74) is 3.66. The summed E-state index contributed by atoms with van der Waals surface area (Å²) < 4.78 is 2.01. The number of nitrogens with zero attached hydrogens (tertiary/aromatic N) is 1. The number of rotatable bonds is 4. The molecule has 0 saturated carbocycles. The summed E-state index contributed by atoms with van der Waals surface area (Å²) in [7, 11) is 0. The van der Waals surface area contributed by atoms with Crippen molar-refractivity contribution in [1.29, 1.82) is 0 Å². The van der Waals surface area contributed by atoms with Crippen molar-refractivity contribution in [3.05, 3.63) is 62.3 Å². The monoisotopic (exact) mass is 368 g/mol. The van der Waals surface area contributed by atoms with E-state index in [9.17, 15) is 0 Å². The lowest BCUT2D eigenvalue weighted by atomic mass is 10.1. The third kappa shape index (κ3) is 3.64. The third-order valence-electron chi connectivity index (χ3n) is 2.75. The van der Waals surface area contributed by atoms with Gasteiger partial charge in [-0.2, -0.15) is 0 Å². The van der Waals surface area contributed by atoms with Crippen LogP contribution in [0.5, 0.6) is 0 Å². The molecule has 0 fully saturated rings. The summed E-state index contributed by atoms with van der Waals surface area (Å²) in [6.45, 7) is 3.74. The normalized spacial score (nSPS) is 10.6. The summed E-state index contributed by atoms with van der Waals surface area (Å²) in [5, 5.41) is 3.41. The zero-order chi connectivity index (χ0) is 13.0. The van der Waals surface area contributed by atoms with E-state index in [0.29, 0.717) is 0 Å². The molecule has 0 unspecified atom stereocenters. The fourth-order valence-corrected chi connectivity index (χ4v) is 2.82. The first-order valence-corrected chi connectivity index (χ1v) is 7.30. The van der Waals surface area contributed by atoms with Crippen LogP contribution in [0.1, 0.15) is 16.8 Å². The molecule has 0 spiro atoms. The Kier molecular flexibility index (Phi) is 4.92. The molecule has 1 aromatic carbocycles. The summed E-state index contributed by atoms with van der Waals surface area (Å²) in [4.78, 5) is 4.38. The average Bonchev–Trinajstić information content (AvgIpc) is 2.34. The lowest BCUT2D eigenvalue weighted by Gasteiger charge is -2.08. The van der Waals surface area contributed by atoms with Crippen LogP contribution >= 0.6 is 31.9 Å². The van der Waals surface area contributed by atoms with Gasteiger partial charge in [-0.1, -0.05) is 24.3 Å². The van der Waals surface area contributed by atoms with Gasteiger partial charge in [0.25, 0.3) is 0 Å². The second kappa shape index (κ2) is 6.45. The minimum atomic E-state index is 0.752. The van der Waals surface area contributed by atoms with Gasteiger partial charge in [-0.05, 0) is 56.0 Å². The molecule has 0 aliphatic carbocycles. The first-order chi connectivity index (χ1) is 8.66. The minimum Gasteiger partial charge on any atom is -0.307 e. The number of hydrogen-bond acceptors (Lipinski definition) is 2. The van der Waals surface area contributed by atoms with E-state index in [2.05, 4.69) is 73.3 Å². The predicted molar refractivity (Wildman–Crippen MR) is 81.4 cm³/mol. The van der Waals surface area contributed by atoms with Gasteiger partial charge in [0.15, 0.2) is 0 Å². The standard InChI is InChI=1S/C14H14Br2N2/c1-10-4-2-3-5-11(10)7-17-9-14-13(16)6-12(15)8-18-14/h2-6,8,17H,7,9H2,1H3. The number of hydrogen-bond donors (Lipinski definition) is 1. The van der Waals surface area contributed by atoms with Crippen molar-refractivity contribution in [3.63, 3.8) is 0 Å². The molecule has 2 aromatic rings. The summed E-state index contributed by atoms with van der Waals surface area (Å²) in [6.07, 6.45) is 1.82. The van der Waals surface area contributed by atoms with Gasteiger partial charge in [-0.15, -0.1) is 0 Å². The average molecular weight is 370 g/mol. The summed E-state index contributed by atoms with van der Waals surface area (Å²) in [5.74, 6) is 0. The van der Waals surface area contributed by atoms with E-state index in [-0.39, 0.29) is 0 Å². The van der Waals surface area contributed by atoms with Crippen molar-refractivity contribution in [1.82, 2.24) is 10.3 Å². The van der Waals surface area contributed by atoms with Crippen molar-refractivity contribution in [2.24, 2.45) is 0 Å². The quantitative estimate of drug-likeness (QED) is 0.873. The molecule has 1 heterocycles. The van der Waals surface area contributed by atoms with Crippen molar-refractivity contribution >= 4 is 31.9 Å². The SMILES string of the molecule is Cc1ccccc1CNCc1ncc(Br)cc1Br. The molecule has 0 saturated heterocycles. The Labute approximate surface area is 124 Å². The van der Waals surface area contributed by atoms with E-state index in [1.807, 2.05) is 12.3 Å². The van der Waals surface area contributed by atoms with Gasteiger partial charge in [0.1, 0.15) is 0 Å². The number of benzene rings is 1. The number of pyridine rings is 1. The number of nitrogens with one attached hydrogen (secondary N) is 1. The molecule has 0 aliphatic heterocycles. The first kappa shape index (κ1) is 13.7. The van der Waals surface area contributed by atoms with Crippen molar-refractivity contribution in [2.45, 2.75) is 20.0 Å². The second-order valence-electron chi connectivity index (χ2n) is 4.11. The Hall–Kier alpha value is -0.710. The highest BCUT2D eigenvalue weighted by Crippen LogP contribution is 2.19. The number of aromatic nitrogens is 1. The van der Waals surface area contributed by atoms with Gasteiger partial charge in [-0.3, -0.25) is 4.98 Å². The van der Waals surface area contributed by atoms with Gasteiger partial charge < -0.3 is 5.32 Å². The van der Waals surface area contributed by atoms with Gasteiger partial charge in [-0.25, -0.2) is 0 Å². The fourth-order valence-electron chi connectivity index (χ4n) is 1.70. The fraction of sp³-hybridized carbons (Fsp3) is 0.214. The molecule has 94 valence electrons. The number of halogens is 2. The smallest absolute Gasteiger partial charge is 0.0684 e. The molecule has 4 heteroatoms. The van der Waals surface area contributed by atoms with E-state index < -0.39 is 0 Å². The Morgan fingerprint density at radius 1 is 1.17 bits per heavy atom. The van der Waals surface area contributed by atoms with Crippen LogP contribution < -0.4 is 5.32 Å². The van der Waals surface area contributed by atoms with E-state index in [4.69, 9.17) is 0 Å². The van der Waals surface area contributed by atoms with Crippen LogP contribution in [0.3, 0.4) is 0 Å². The summed E-state index contributed by atoms with van der Waals surface area (Å²) in [6, 6.07) is 10.4. The van der Waals surface area contributed by atoms with Crippen LogP contribution in [-0.4, -0.2) is 4.98 Å². The Bertz CT molecular complexity index is 541. The maximum absolute atomic E-state index is 4.38. The lowest BCUT2D eigenvalue weighted by molar-refractivity contribution is 0.674. The van der Waals surface area contributed by atoms with Gasteiger partial charge in [0, 0.05) is 28.2 Å². The molecule has 0 aliphatic rings. The largest absolute Gasteiger partial charge is 0.307 e. The van der Waals surface area contributed by atoms with E-state index >= 15 is 0 Å². The Balaban J connectivity index is 1.95. The lowest BCUT2D eigenvalue weighted by Crippen LogP contribution is -2.14. The highest BCUT2D eigenvalue weighted by molar-refractivity contribution is 9.11. The molecular formula is C14H14Br2N2. The van der Waals surface area contributed by atoms with Crippen molar-refractivity contribution in [2.75, 3.05) is 0 Å². The topological polar surface area (TPSA) is 24.9 Å². The molecule has 0 radical (unpaired) electrons. The molecule has 0 amide bonds. The van der Waals surface area contributed by atoms with E-state index in [0.717, 1.165) is 27.7 Å². The minimum absolute atomic E-state index is 0.752. The van der Waals surface area contributed by atoms with Crippen molar-refractivity contribution in [3.8, 4) is 0 Å². The Morgan fingerprint density at radius 3 is 2.67 bits per heavy atom. The van der Waals surface area contributed by atoms with Gasteiger partial charge in [0.2, 0.25) is 0 Å². The molecule has 1 N–H and O–H groups in total. The van der Waals surface area contributed by atoms with Crippen LogP contribution in [0.15, 0.2) is 45.5 Å². The summed E-state index contributed by atoms with van der Waals surface area (Å²) >= 11 is 6.91. The predicted octanol–water partition coefficient (Wildman–Crippen LogP) is 4.20. The zero-order valence-corrected chi connectivity index (χ0v) is 13.3. The molecule has 18 heavy (non-hydrogen) atoms. The van der Waals surface area contributed by atoms with Crippen LogP contribution in [-0.2, 0) is 13.1 Å². The third-order valence-corrected chi connectivity index (χ3v) is 3.87. The van der Waals surface area contributed by atoms with E-state index in [1.54, 1.807) is 0 Å². The number of aryl methyl sites for hydroxylation is 1. The highest BCUT2D eigenvalue weighted by Gasteiger charge is 2.02.